The minimum absolute atomic E-state index is 0.0113. The molecule has 0 radical (unpaired) electrons. The number of hydrogen-bond acceptors (Lipinski definition) is 3. The first-order valence-corrected chi connectivity index (χ1v) is 9.20. The summed E-state index contributed by atoms with van der Waals surface area (Å²) in [4.78, 5) is 29.0. The zero-order chi connectivity index (χ0) is 18.4. The smallest absolute Gasteiger partial charge is 0.257 e. The van der Waals surface area contributed by atoms with Crippen molar-refractivity contribution in [1.82, 2.24) is 9.80 Å². The van der Waals surface area contributed by atoms with Crippen molar-refractivity contribution in [3.8, 4) is 5.75 Å². The molecule has 0 saturated carbocycles. The predicted molar refractivity (Wildman–Crippen MR) is 99.1 cm³/mol. The summed E-state index contributed by atoms with van der Waals surface area (Å²) in [5.41, 5.74) is 2.80. The number of rotatable bonds is 5. The van der Waals surface area contributed by atoms with E-state index in [9.17, 15) is 9.59 Å². The Hall–Kier alpha value is -2.04. The SMILES string of the molecule is CCCCC(=O)N1CCCN(C(=O)c2cc(C)c(C)cc2OC)CC1. The van der Waals surface area contributed by atoms with Gasteiger partial charge in [-0.15, -0.1) is 0 Å². The number of nitrogens with zero attached hydrogens (tertiary/aromatic N) is 2. The van der Waals surface area contributed by atoms with Crippen LogP contribution < -0.4 is 4.74 Å². The molecule has 0 unspecified atom stereocenters. The van der Waals surface area contributed by atoms with Gasteiger partial charge in [-0.1, -0.05) is 13.3 Å². The molecule has 1 aliphatic heterocycles. The van der Waals surface area contributed by atoms with Crippen LogP contribution in [0.3, 0.4) is 0 Å². The van der Waals surface area contributed by atoms with Gasteiger partial charge in [-0.25, -0.2) is 0 Å². The van der Waals surface area contributed by atoms with Gasteiger partial charge in [-0.05, 0) is 49.9 Å². The van der Waals surface area contributed by atoms with E-state index in [4.69, 9.17) is 4.74 Å². The van der Waals surface area contributed by atoms with E-state index < -0.39 is 0 Å². The van der Waals surface area contributed by atoms with Gasteiger partial charge in [-0.2, -0.15) is 0 Å². The van der Waals surface area contributed by atoms with Gasteiger partial charge >= 0.3 is 0 Å². The summed E-state index contributed by atoms with van der Waals surface area (Å²) < 4.78 is 5.42. The molecule has 1 aromatic carbocycles. The van der Waals surface area contributed by atoms with Crippen molar-refractivity contribution in [2.45, 2.75) is 46.5 Å². The third-order valence-electron chi connectivity index (χ3n) is 4.93. The fraction of sp³-hybridized carbons (Fsp3) is 0.600. The fourth-order valence-corrected chi connectivity index (χ4v) is 3.15. The Kier molecular flexibility index (Phi) is 6.85. The van der Waals surface area contributed by atoms with Gasteiger partial charge in [0.25, 0.3) is 5.91 Å². The van der Waals surface area contributed by atoms with E-state index in [1.807, 2.05) is 35.8 Å². The Bertz CT molecular complexity index is 628. The molecule has 1 aliphatic rings. The van der Waals surface area contributed by atoms with Crippen molar-refractivity contribution in [3.05, 3.63) is 28.8 Å². The highest BCUT2D eigenvalue weighted by Crippen LogP contribution is 2.25. The maximum absolute atomic E-state index is 13.0. The van der Waals surface area contributed by atoms with Crippen LogP contribution in [-0.4, -0.2) is 54.9 Å². The number of carbonyl (C=O) groups is 2. The number of unbranched alkanes of at least 4 members (excludes halogenated alkanes) is 1. The van der Waals surface area contributed by atoms with E-state index in [1.165, 1.54) is 0 Å². The van der Waals surface area contributed by atoms with Crippen LogP contribution in [0.4, 0.5) is 0 Å². The van der Waals surface area contributed by atoms with Crippen LogP contribution in [-0.2, 0) is 4.79 Å². The van der Waals surface area contributed by atoms with Crippen molar-refractivity contribution < 1.29 is 14.3 Å². The summed E-state index contributed by atoms with van der Waals surface area (Å²) in [6.07, 6.45) is 3.38. The van der Waals surface area contributed by atoms with Crippen LogP contribution in [0.2, 0.25) is 0 Å². The first-order chi connectivity index (χ1) is 12.0. The number of ether oxygens (including phenoxy) is 1. The van der Waals surface area contributed by atoms with Crippen molar-refractivity contribution in [2.24, 2.45) is 0 Å². The summed E-state index contributed by atoms with van der Waals surface area (Å²) in [5, 5.41) is 0. The highest BCUT2D eigenvalue weighted by molar-refractivity contribution is 5.97. The lowest BCUT2D eigenvalue weighted by molar-refractivity contribution is -0.131. The Morgan fingerprint density at radius 2 is 1.68 bits per heavy atom. The number of aryl methyl sites for hydroxylation is 2. The average molecular weight is 346 g/mol. The van der Waals surface area contributed by atoms with Crippen molar-refractivity contribution in [2.75, 3.05) is 33.3 Å². The van der Waals surface area contributed by atoms with Crippen molar-refractivity contribution in [3.63, 3.8) is 0 Å². The number of amides is 2. The maximum atomic E-state index is 13.0. The Balaban J connectivity index is 2.08. The maximum Gasteiger partial charge on any atom is 0.257 e. The van der Waals surface area contributed by atoms with Gasteiger partial charge in [0.1, 0.15) is 5.75 Å². The summed E-state index contributed by atoms with van der Waals surface area (Å²) in [7, 11) is 1.59. The highest BCUT2D eigenvalue weighted by Gasteiger charge is 2.24. The largest absolute Gasteiger partial charge is 0.496 e. The van der Waals surface area contributed by atoms with E-state index in [0.29, 0.717) is 37.4 Å². The monoisotopic (exact) mass is 346 g/mol. The summed E-state index contributed by atoms with van der Waals surface area (Å²) in [5.74, 6) is 0.816. The van der Waals surface area contributed by atoms with E-state index in [-0.39, 0.29) is 11.8 Å². The topological polar surface area (TPSA) is 49.9 Å². The van der Waals surface area contributed by atoms with Gasteiger partial charge in [0, 0.05) is 32.6 Å². The van der Waals surface area contributed by atoms with Gasteiger partial charge in [0.15, 0.2) is 0 Å². The van der Waals surface area contributed by atoms with Crippen LogP contribution in [0.5, 0.6) is 5.75 Å². The summed E-state index contributed by atoms with van der Waals surface area (Å²) >= 11 is 0. The average Bonchev–Trinajstić information content (AvgIpc) is 2.87. The quantitative estimate of drug-likeness (QED) is 0.823. The molecule has 138 valence electrons. The lowest BCUT2D eigenvalue weighted by Gasteiger charge is -2.23. The predicted octanol–water partition coefficient (Wildman–Crippen LogP) is 3.18. The lowest BCUT2D eigenvalue weighted by atomic mass is 10.0. The normalized spacial score (nSPS) is 15.0. The summed E-state index contributed by atoms with van der Waals surface area (Å²) in [6, 6.07) is 3.83. The van der Waals surface area contributed by atoms with Gasteiger partial charge < -0.3 is 14.5 Å². The molecule has 0 aliphatic carbocycles. The fourth-order valence-electron chi connectivity index (χ4n) is 3.15. The van der Waals surface area contributed by atoms with E-state index >= 15 is 0 Å². The lowest BCUT2D eigenvalue weighted by Crippen LogP contribution is -2.37. The Morgan fingerprint density at radius 3 is 2.36 bits per heavy atom. The molecular weight excluding hydrogens is 316 g/mol. The van der Waals surface area contributed by atoms with Gasteiger partial charge in [-0.3, -0.25) is 9.59 Å². The third-order valence-corrected chi connectivity index (χ3v) is 4.93. The first kappa shape index (κ1) is 19.3. The molecule has 5 heteroatoms. The van der Waals surface area contributed by atoms with Crippen LogP contribution in [0, 0.1) is 13.8 Å². The van der Waals surface area contributed by atoms with Crippen LogP contribution in [0.25, 0.3) is 0 Å². The zero-order valence-electron chi connectivity index (χ0n) is 15.9. The van der Waals surface area contributed by atoms with Crippen LogP contribution in [0.1, 0.15) is 54.1 Å². The molecule has 0 spiro atoms. The molecule has 1 saturated heterocycles. The van der Waals surface area contributed by atoms with E-state index in [1.54, 1.807) is 7.11 Å². The third kappa shape index (κ3) is 4.74. The molecule has 1 heterocycles. The zero-order valence-corrected chi connectivity index (χ0v) is 15.9. The van der Waals surface area contributed by atoms with Crippen LogP contribution in [0.15, 0.2) is 12.1 Å². The van der Waals surface area contributed by atoms with E-state index in [2.05, 4.69) is 6.92 Å². The standard InChI is InChI=1S/C20H30N2O3/c1-5-6-8-19(23)21-9-7-10-22(12-11-21)20(24)17-13-15(2)16(3)14-18(17)25-4/h13-14H,5-12H2,1-4H3. The number of methoxy groups -OCH3 is 1. The Morgan fingerprint density at radius 1 is 1.04 bits per heavy atom. The molecule has 0 N–H and O–H groups in total. The van der Waals surface area contributed by atoms with Gasteiger partial charge in [0.05, 0.1) is 12.7 Å². The molecule has 1 aromatic rings. The summed E-state index contributed by atoms with van der Waals surface area (Å²) in [6.45, 7) is 8.70. The van der Waals surface area contributed by atoms with Crippen LogP contribution >= 0.6 is 0 Å². The van der Waals surface area contributed by atoms with Gasteiger partial charge in [0.2, 0.25) is 5.91 Å². The second-order valence-corrected chi connectivity index (χ2v) is 6.77. The molecule has 5 nitrogen and oxygen atoms in total. The van der Waals surface area contributed by atoms with Crippen molar-refractivity contribution in [1.29, 1.82) is 0 Å². The second-order valence-electron chi connectivity index (χ2n) is 6.77. The number of benzene rings is 1. The van der Waals surface area contributed by atoms with E-state index in [0.717, 1.165) is 36.9 Å². The molecule has 0 bridgehead atoms. The second kappa shape index (κ2) is 8.88. The molecule has 1 fully saturated rings. The molecule has 2 rings (SSSR count). The highest BCUT2D eigenvalue weighted by atomic mass is 16.5. The molecule has 2 amide bonds. The van der Waals surface area contributed by atoms with Crippen molar-refractivity contribution >= 4 is 11.8 Å². The molecule has 0 aromatic heterocycles. The minimum Gasteiger partial charge on any atom is -0.496 e. The first-order valence-electron chi connectivity index (χ1n) is 9.20. The molecule has 0 atom stereocenters. The molecular formula is C20H30N2O3. The molecule has 25 heavy (non-hydrogen) atoms. The minimum atomic E-state index is -0.0113. The Labute approximate surface area is 150 Å². The number of hydrogen-bond donors (Lipinski definition) is 0. The number of carbonyl (C=O) groups excluding carboxylic acids is 2.